The van der Waals surface area contributed by atoms with Crippen molar-refractivity contribution in [3.05, 3.63) is 27.9 Å². The normalized spacial score (nSPS) is 17.8. The fourth-order valence-corrected chi connectivity index (χ4v) is 2.08. The SMILES string of the molecule is Cl.O=C(NCC[C@H]1CCCN1)c1ccc([N+](=O)[O-])[nH]1. The van der Waals surface area contributed by atoms with Crippen LogP contribution in [-0.4, -0.2) is 34.9 Å². The molecule has 2 heterocycles. The molecule has 1 saturated heterocycles. The number of nitrogens with one attached hydrogen (secondary N) is 3. The Hall–Kier alpha value is -1.60. The Balaban J connectivity index is 0.00000180. The number of hydrogen-bond donors (Lipinski definition) is 3. The van der Waals surface area contributed by atoms with Gasteiger partial charge in [-0.1, -0.05) is 0 Å². The van der Waals surface area contributed by atoms with Crippen molar-refractivity contribution in [2.24, 2.45) is 0 Å². The van der Waals surface area contributed by atoms with Crippen LogP contribution < -0.4 is 10.6 Å². The monoisotopic (exact) mass is 288 g/mol. The molecule has 0 saturated carbocycles. The van der Waals surface area contributed by atoms with Gasteiger partial charge in [-0.05, 0) is 36.8 Å². The first-order valence-corrected chi connectivity index (χ1v) is 6.02. The zero-order valence-corrected chi connectivity index (χ0v) is 11.2. The van der Waals surface area contributed by atoms with Crippen molar-refractivity contribution in [1.82, 2.24) is 15.6 Å². The van der Waals surface area contributed by atoms with Gasteiger partial charge >= 0.3 is 5.82 Å². The highest BCUT2D eigenvalue weighted by molar-refractivity contribution is 5.92. The van der Waals surface area contributed by atoms with E-state index in [4.69, 9.17) is 0 Å². The Bertz CT molecular complexity index is 443. The van der Waals surface area contributed by atoms with Gasteiger partial charge in [0.1, 0.15) is 0 Å². The second-order valence-corrected chi connectivity index (χ2v) is 4.35. The summed E-state index contributed by atoms with van der Waals surface area (Å²) >= 11 is 0. The minimum Gasteiger partial charge on any atom is -0.358 e. The third-order valence-electron chi connectivity index (χ3n) is 3.05. The molecule has 106 valence electrons. The van der Waals surface area contributed by atoms with Gasteiger partial charge in [-0.3, -0.25) is 4.79 Å². The van der Waals surface area contributed by atoms with Gasteiger partial charge in [-0.2, -0.15) is 0 Å². The Morgan fingerprint density at radius 2 is 2.32 bits per heavy atom. The van der Waals surface area contributed by atoms with Crippen molar-refractivity contribution in [1.29, 1.82) is 0 Å². The van der Waals surface area contributed by atoms with Gasteiger partial charge in [0.25, 0.3) is 5.91 Å². The lowest BCUT2D eigenvalue weighted by atomic mass is 10.1. The van der Waals surface area contributed by atoms with Crippen LogP contribution >= 0.6 is 12.4 Å². The van der Waals surface area contributed by atoms with Crippen molar-refractivity contribution < 1.29 is 9.72 Å². The highest BCUT2D eigenvalue weighted by atomic mass is 35.5. The van der Waals surface area contributed by atoms with E-state index in [1.807, 2.05) is 0 Å². The number of halogens is 1. The molecule has 2 rings (SSSR count). The van der Waals surface area contributed by atoms with Crippen LogP contribution in [0.5, 0.6) is 0 Å². The Labute approximate surface area is 116 Å². The number of carbonyl (C=O) groups is 1. The summed E-state index contributed by atoms with van der Waals surface area (Å²) in [5.41, 5.74) is 0.223. The molecule has 3 N–H and O–H groups in total. The number of nitro groups is 1. The lowest BCUT2D eigenvalue weighted by Gasteiger charge is -2.09. The minimum atomic E-state index is -0.556. The molecule has 0 radical (unpaired) electrons. The van der Waals surface area contributed by atoms with E-state index < -0.39 is 4.92 Å². The fourth-order valence-electron chi connectivity index (χ4n) is 2.08. The van der Waals surface area contributed by atoms with Crippen molar-refractivity contribution in [3.8, 4) is 0 Å². The van der Waals surface area contributed by atoms with Crippen molar-refractivity contribution >= 4 is 24.1 Å². The summed E-state index contributed by atoms with van der Waals surface area (Å²) in [6, 6.07) is 3.18. The number of aromatic nitrogens is 1. The van der Waals surface area contributed by atoms with Gasteiger partial charge in [0.2, 0.25) is 0 Å². The molecular weight excluding hydrogens is 272 g/mol. The maximum absolute atomic E-state index is 11.7. The molecule has 1 atom stereocenters. The first kappa shape index (κ1) is 15.5. The van der Waals surface area contributed by atoms with Crippen LogP contribution in [0.15, 0.2) is 12.1 Å². The van der Waals surface area contributed by atoms with Crippen LogP contribution in [0.1, 0.15) is 29.8 Å². The van der Waals surface area contributed by atoms with E-state index in [1.54, 1.807) is 0 Å². The molecule has 8 heteroatoms. The third-order valence-corrected chi connectivity index (χ3v) is 3.05. The van der Waals surface area contributed by atoms with Crippen molar-refractivity contribution in [2.45, 2.75) is 25.3 Å². The Morgan fingerprint density at radius 1 is 1.53 bits per heavy atom. The number of rotatable bonds is 5. The Morgan fingerprint density at radius 3 is 2.89 bits per heavy atom. The van der Waals surface area contributed by atoms with Crippen LogP contribution in [0.25, 0.3) is 0 Å². The van der Waals surface area contributed by atoms with E-state index in [0.717, 1.165) is 19.4 Å². The van der Waals surface area contributed by atoms with Crippen LogP contribution in [0.2, 0.25) is 0 Å². The van der Waals surface area contributed by atoms with Gasteiger partial charge in [-0.15, -0.1) is 12.4 Å². The summed E-state index contributed by atoms with van der Waals surface area (Å²) in [6.45, 7) is 1.62. The molecule has 1 aromatic rings. The summed E-state index contributed by atoms with van der Waals surface area (Å²) in [5, 5.41) is 16.5. The Kier molecular flexibility index (Phi) is 5.78. The van der Waals surface area contributed by atoms with E-state index >= 15 is 0 Å². The van der Waals surface area contributed by atoms with E-state index in [9.17, 15) is 14.9 Å². The highest BCUT2D eigenvalue weighted by Gasteiger charge is 2.17. The van der Waals surface area contributed by atoms with Crippen LogP contribution in [-0.2, 0) is 0 Å². The van der Waals surface area contributed by atoms with E-state index in [-0.39, 0.29) is 29.8 Å². The van der Waals surface area contributed by atoms with Crippen LogP contribution in [0.3, 0.4) is 0 Å². The number of carbonyl (C=O) groups excluding carboxylic acids is 1. The topological polar surface area (TPSA) is 100 Å². The quantitative estimate of drug-likeness (QED) is 0.560. The standard InChI is InChI=1S/C11H16N4O3.ClH/c16-11(9-3-4-10(14-9)15(17)18)13-7-5-8-2-1-6-12-8;/h3-4,8,12,14H,1-2,5-7H2,(H,13,16);1H/t8-;/m1./s1. The molecule has 0 aliphatic carbocycles. The van der Waals surface area contributed by atoms with Gasteiger partial charge < -0.3 is 20.7 Å². The predicted molar refractivity (Wildman–Crippen MR) is 72.7 cm³/mol. The van der Waals surface area contributed by atoms with Crippen molar-refractivity contribution in [3.63, 3.8) is 0 Å². The lowest BCUT2D eigenvalue weighted by Crippen LogP contribution is -2.30. The maximum Gasteiger partial charge on any atom is 0.321 e. The molecule has 0 aromatic carbocycles. The van der Waals surface area contributed by atoms with Crippen molar-refractivity contribution in [2.75, 3.05) is 13.1 Å². The summed E-state index contributed by atoms with van der Waals surface area (Å²) in [6.07, 6.45) is 3.21. The second-order valence-electron chi connectivity index (χ2n) is 4.35. The first-order chi connectivity index (χ1) is 8.66. The molecule has 0 bridgehead atoms. The van der Waals surface area contributed by atoms with Gasteiger partial charge in [0.15, 0.2) is 5.69 Å². The summed E-state index contributed by atoms with van der Waals surface area (Å²) in [5.74, 6) is -0.473. The minimum absolute atomic E-state index is 0. The van der Waals surface area contributed by atoms with Gasteiger partial charge in [0, 0.05) is 18.7 Å². The second kappa shape index (κ2) is 7.10. The average Bonchev–Trinajstić information content (AvgIpc) is 2.99. The molecule has 1 fully saturated rings. The predicted octanol–water partition coefficient (Wildman–Crippen LogP) is 1.22. The van der Waals surface area contributed by atoms with E-state index in [1.165, 1.54) is 18.6 Å². The number of aromatic amines is 1. The lowest BCUT2D eigenvalue weighted by molar-refractivity contribution is -0.389. The van der Waals surface area contributed by atoms with Crippen LogP contribution in [0.4, 0.5) is 5.82 Å². The van der Waals surface area contributed by atoms with Crippen LogP contribution in [0, 0.1) is 10.1 Å². The molecule has 1 aliphatic rings. The third kappa shape index (κ3) is 4.22. The summed E-state index contributed by atoms with van der Waals surface area (Å²) < 4.78 is 0. The largest absolute Gasteiger partial charge is 0.358 e. The summed E-state index contributed by atoms with van der Waals surface area (Å²) in [7, 11) is 0. The zero-order valence-electron chi connectivity index (χ0n) is 10.3. The number of nitrogens with zero attached hydrogens (tertiary/aromatic N) is 1. The summed E-state index contributed by atoms with van der Waals surface area (Å²) in [4.78, 5) is 24.0. The molecule has 0 spiro atoms. The molecule has 7 nitrogen and oxygen atoms in total. The smallest absolute Gasteiger partial charge is 0.321 e. The highest BCUT2D eigenvalue weighted by Crippen LogP contribution is 2.10. The van der Waals surface area contributed by atoms with Gasteiger partial charge in [-0.25, -0.2) is 4.98 Å². The van der Waals surface area contributed by atoms with E-state index in [0.29, 0.717) is 12.6 Å². The molecule has 1 amide bonds. The molecule has 19 heavy (non-hydrogen) atoms. The van der Waals surface area contributed by atoms with E-state index in [2.05, 4.69) is 15.6 Å². The molecule has 0 unspecified atom stereocenters. The average molecular weight is 289 g/mol. The molecule has 1 aliphatic heterocycles. The molecule has 1 aromatic heterocycles. The number of amides is 1. The van der Waals surface area contributed by atoms with Gasteiger partial charge in [0.05, 0.1) is 0 Å². The maximum atomic E-state index is 11.7. The molecular formula is C11H17ClN4O3. The number of H-pyrrole nitrogens is 1. The number of hydrogen-bond acceptors (Lipinski definition) is 4. The fraction of sp³-hybridized carbons (Fsp3) is 0.545. The zero-order chi connectivity index (χ0) is 13.0. The first-order valence-electron chi connectivity index (χ1n) is 6.02.